The van der Waals surface area contributed by atoms with Crippen LogP contribution in [0.1, 0.15) is 18.7 Å². The zero-order valence-corrected chi connectivity index (χ0v) is 14.0. The van der Waals surface area contributed by atoms with Crippen LogP contribution in [0.15, 0.2) is 53.3 Å². The number of para-hydroxylation sites is 3. The van der Waals surface area contributed by atoms with E-state index in [4.69, 9.17) is 11.6 Å². The molecule has 0 aliphatic carbocycles. The second-order valence-electron chi connectivity index (χ2n) is 5.51. The van der Waals surface area contributed by atoms with Crippen LogP contribution in [0.2, 0.25) is 5.02 Å². The number of aryl methyl sites for hydroxylation is 1. The summed E-state index contributed by atoms with van der Waals surface area (Å²) < 4.78 is 1.46. The number of nitrogens with zero attached hydrogens (tertiary/aromatic N) is 2. The SMILES string of the molecule is Cc1nc2ccccc2n([C@@H](C)C(=O)Nc2ccccc2Cl)c1=O. The minimum Gasteiger partial charge on any atom is -0.323 e. The smallest absolute Gasteiger partial charge is 0.273 e. The first kappa shape index (κ1) is 16.2. The summed E-state index contributed by atoms with van der Waals surface area (Å²) in [5.41, 5.74) is 1.88. The largest absolute Gasteiger partial charge is 0.323 e. The first-order chi connectivity index (χ1) is 11.5. The van der Waals surface area contributed by atoms with Gasteiger partial charge in [-0.05, 0) is 38.1 Å². The van der Waals surface area contributed by atoms with E-state index in [1.165, 1.54) is 4.57 Å². The number of carbonyl (C=O) groups is 1. The van der Waals surface area contributed by atoms with Crippen LogP contribution in [0.25, 0.3) is 11.0 Å². The zero-order valence-electron chi connectivity index (χ0n) is 13.3. The van der Waals surface area contributed by atoms with Gasteiger partial charge >= 0.3 is 0 Å². The van der Waals surface area contributed by atoms with E-state index in [0.717, 1.165) is 0 Å². The fraction of sp³-hybridized carbons (Fsp3) is 0.167. The molecule has 0 fully saturated rings. The number of carbonyl (C=O) groups excluding carboxylic acids is 1. The van der Waals surface area contributed by atoms with Crippen LogP contribution < -0.4 is 10.9 Å². The van der Waals surface area contributed by atoms with E-state index in [1.54, 1.807) is 44.2 Å². The lowest BCUT2D eigenvalue weighted by Gasteiger charge is -2.18. The second-order valence-corrected chi connectivity index (χ2v) is 5.91. The minimum absolute atomic E-state index is 0.282. The Morgan fingerprint density at radius 2 is 1.83 bits per heavy atom. The van der Waals surface area contributed by atoms with E-state index in [9.17, 15) is 9.59 Å². The molecule has 0 spiro atoms. The summed E-state index contributed by atoms with van der Waals surface area (Å²) in [5.74, 6) is -0.319. The molecule has 0 bridgehead atoms. The Hall–Kier alpha value is -2.66. The van der Waals surface area contributed by atoms with Gasteiger partial charge in [-0.2, -0.15) is 0 Å². The molecule has 3 rings (SSSR count). The topological polar surface area (TPSA) is 64.0 Å². The van der Waals surface area contributed by atoms with Crippen molar-refractivity contribution in [2.75, 3.05) is 5.32 Å². The van der Waals surface area contributed by atoms with E-state index >= 15 is 0 Å². The van der Waals surface area contributed by atoms with E-state index in [0.29, 0.717) is 27.4 Å². The molecule has 0 saturated heterocycles. The van der Waals surface area contributed by atoms with Gasteiger partial charge in [0.05, 0.1) is 21.7 Å². The van der Waals surface area contributed by atoms with Crippen molar-refractivity contribution in [2.24, 2.45) is 0 Å². The molecular formula is C18H16ClN3O2. The maximum absolute atomic E-state index is 12.6. The maximum atomic E-state index is 12.6. The van der Waals surface area contributed by atoms with Crippen LogP contribution in [-0.4, -0.2) is 15.5 Å². The molecule has 0 unspecified atom stereocenters. The van der Waals surface area contributed by atoms with Gasteiger partial charge < -0.3 is 5.32 Å². The van der Waals surface area contributed by atoms with Gasteiger partial charge in [0.2, 0.25) is 5.91 Å². The van der Waals surface area contributed by atoms with Crippen molar-refractivity contribution in [1.82, 2.24) is 9.55 Å². The van der Waals surface area contributed by atoms with Crippen LogP contribution in [0.3, 0.4) is 0 Å². The molecule has 5 nitrogen and oxygen atoms in total. The number of hydrogen-bond acceptors (Lipinski definition) is 3. The lowest BCUT2D eigenvalue weighted by Crippen LogP contribution is -2.33. The molecule has 122 valence electrons. The summed E-state index contributed by atoms with van der Waals surface area (Å²) in [6.07, 6.45) is 0. The quantitative estimate of drug-likeness (QED) is 0.792. The molecule has 0 radical (unpaired) electrons. The third-order valence-electron chi connectivity index (χ3n) is 3.86. The molecule has 1 aromatic heterocycles. The lowest BCUT2D eigenvalue weighted by atomic mass is 10.2. The molecule has 1 heterocycles. The van der Waals surface area contributed by atoms with Gasteiger partial charge in [0, 0.05) is 0 Å². The van der Waals surface area contributed by atoms with Crippen molar-refractivity contribution in [3.05, 3.63) is 69.6 Å². The highest BCUT2D eigenvalue weighted by Crippen LogP contribution is 2.22. The summed E-state index contributed by atoms with van der Waals surface area (Å²) in [5, 5.41) is 3.21. The minimum atomic E-state index is -0.708. The summed E-state index contributed by atoms with van der Waals surface area (Å²) in [4.78, 5) is 29.5. The average molecular weight is 342 g/mol. The summed E-state index contributed by atoms with van der Waals surface area (Å²) >= 11 is 6.08. The van der Waals surface area contributed by atoms with E-state index in [1.807, 2.05) is 18.2 Å². The fourth-order valence-electron chi connectivity index (χ4n) is 2.58. The summed E-state index contributed by atoms with van der Waals surface area (Å²) in [6, 6.07) is 13.5. The number of hydrogen-bond donors (Lipinski definition) is 1. The van der Waals surface area contributed by atoms with Gasteiger partial charge in [0.25, 0.3) is 5.56 Å². The predicted octanol–water partition coefficient (Wildman–Crippen LogP) is 3.56. The van der Waals surface area contributed by atoms with Crippen molar-refractivity contribution in [3.63, 3.8) is 0 Å². The first-order valence-electron chi connectivity index (χ1n) is 7.52. The normalized spacial score (nSPS) is 12.1. The first-order valence-corrected chi connectivity index (χ1v) is 7.90. The van der Waals surface area contributed by atoms with Gasteiger partial charge in [0.1, 0.15) is 11.7 Å². The molecule has 2 aromatic carbocycles. The van der Waals surface area contributed by atoms with Crippen molar-refractivity contribution in [3.8, 4) is 0 Å². The van der Waals surface area contributed by atoms with Crippen LogP contribution in [0, 0.1) is 6.92 Å². The molecular weight excluding hydrogens is 326 g/mol. The highest BCUT2D eigenvalue weighted by Gasteiger charge is 2.20. The third-order valence-corrected chi connectivity index (χ3v) is 4.19. The lowest BCUT2D eigenvalue weighted by molar-refractivity contribution is -0.118. The van der Waals surface area contributed by atoms with Crippen molar-refractivity contribution < 1.29 is 4.79 Å². The fourth-order valence-corrected chi connectivity index (χ4v) is 2.76. The summed E-state index contributed by atoms with van der Waals surface area (Å²) in [7, 11) is 0. The molecule has 1 N–H and O–H groups in total. The van der Waals surface area contributed by atoms with Crippen LogP contribution in [0.5, 0.6) is 0 Å². The van der Waals surface area contributed by atoms with Gasteiger partial charge in [-0.25, -0.2) is 4.98 Å². The molecule has 6 heteroatoms. The number of rotatable bonds is 3. The number of halogens is 1. The number of anilines is 1. The Bertz CT molecular complexity index is 981. The second kappa shape index (κ2) is 6.45. The number of amides is 1. The Morgan fingerprint density at radius 3 is 2.58 bits per heavy atom. The summed E-state index contributed by atoms with van der Waals surface area (Å²) in [6.45, 7) is 3.32. The molecule has 24 heavy (non-hydrogen) atoms. The van der Waals surface area contributed by atoms with Gasteiger partial charge in [-0.1, -0.05) is 35.9 Å². The molecule has 0 aliphatic heterocycles. The standard InChI is InChI=1S/C18H16ClN3O2/c1-11-18(24)22(16-10-6-5-9-15(16)20-11)12(2)17(23)21-14-8-4-3-7-13(14)19/h3-10,12H,1-2H3,(H,21,23)/t12-/m0/s1. The van der Waals surface area contributed by atoms with Gasteiger partial charge in [0.15, 0.2) is 0 Å². The Balaban J connectivity index is 2.04. The highest BCUT2D eigenvalue weighted by atomic mass is 35.5. The highest BCUT2D eigenvalue weighted by molar-refractivity contribution is 6.33. The Morgan fingerprint density at radius 1 is 1.17 bits per heavy atom. The van der Waals surface area contributed by atoms with E-state index < -0.39 is 6.04 Å². The maximum Gasteiger partial charge on any atom is 0.273 e. The van der Waals surface area contributed by atoms with E-state index in [2.05, 4.69) is 10.3 Å². The van der Waals surface area contributed by atoms with Crippen molar-refractivity contribution >= 4 is 34.2 Å². The van der Waals surface area contributed by atoms with E-state index in [-0.39, 0.29) is 11.5 Å². The molecule has 0 aliphatic rings. The molecule has 1 atom stereocenters. The Kier molecular flexibility index (Phi) is 4.36. The number of fused-ring (bicyclic) bond motifs is 1. The monoisotopic (exact) mass is 341 g/mol. The zero-order chi connectivity index (χ0) is 17.3. The van der Waals surface area contributed by atoms with Crippen LogP contribution >= 0.6 is 11.6 Å². The molecule has 0 saturated carbocycles. The number of aromatic nitrogens is 2. The van der Waals surface area contributed by atoms with Crippen LogP contribution in [-0.2, 0) is 4.79 Å². The third kappa shape index (κ3) is 2.90. The number of nitrogens with one attached hydrogen (secondary N) is 1. The average Bonchev–Trinajstić information content (AvgIpc) is 2.57. The van der Waals surface area contributed by atoms with Crippen molar-refractivity contribution in [1.29, 1.82) is 0 Å². The Labute approximate surface area is 143 Å². The number of benzene rings is 2. The van der Waals surface area contributed by atoms with Gasteiger partial charge in [-0.3, -0.25) is 14.2 Å². The molecule has 3 aromatic rings. The van der Waals surface area contributed by atoms with Gasteiger partial charge in [-0.15, -0.1) is 0 Å². The van der Waals surface area contributed by atoms with Crippen molar-refractivity contribution in [2.45, 2.75) is 19.9 Å². The van der Waals surface area contributed by atoms with Crippen LogP contribution in [0.4, 0.5) is 5.69 Å². The molecule has 1 amide bonds. The predicted molar refractivity (Wildman–Crippen MR) is 95.5 cm³/mol.